The zero-order chi connectivity index (χ0) is 11.2. The van der Waals surface area contributed by atoms with Gasteiger partial charge in [-0.15, -0.1) is 0 Å². The molecule has 1 aliphatic carbocycles. The largest absolute Gasteiger partial charge is 0.490 e. The maximum atomic E-state index is 6.14. The fraction of sp³-hybridized carbons (Fsp3) is 0.538. The minimum absolute atomic E-state index is 0.0856. The molecule has 0 saturated heterocycles. The van der Waals surface area contributed by atoms with E-state index in [0.717, 1.165) is 38.2 Å². The highest BCUT2D eigenvalue weighted by Crippen LogP contribution is 2.38. The van der Waals surface area contributed by atoms with E-state index in [0.29, 0.717) is 0 Å². The lowest BCUT2D eigenvalue weighted by molar-refractivity contribution is 0.311. The minimum atomic E-state index is 0.0856. The lowest BCUT2D eigenvalue weighted by atomic mass is 10.0. The van der Waals surface area contributed by atoms with Crippen LogP contribution in [0.15, 0.2) is 18.2 Å². The quantitative estimate of drug-likeness (QED) is 0.818. The Morgan fingerprint density at radius 3 is 3.00 bits per heavy atom. The molecule has 0 amide bonds. The smallest absolute Gasteiger partial charge is 0.142 e. The fourth-order valence-electron chi connectivity index (χ4n) is 2.25. The molecule has 2 N–H and O–H groups in total. The van der Waals surface area contributed by atoms with Crippen LogP contribution in [0.4, 0.5) is 5.69 Å². The van der Waals surface area contributed by atoms with Gasteiger partial charge in [0.05, 0.1) is 12.2 Å². The summed E-state index contributed by atoms with van der Waals surface area (Å²) in [6.07, 6.45) is 3.32. The first-order valence-corrected chi connectivity index (χ1v) is 5.92. The van der Waals surface area contributed by atoms with Gasteiger partial charge in [-0.1, -0.05) is 6.07 Å². The van der Waals surface area contributed by atoms with Crippen molar-refractivity contribution in [1.29, 1.82) is 0 Å². The molecule has 16 heavy (non-hydrogen) atoms. The van der Waals surface area contributed by atoms with Gasteiger partial charge in [-0.2, -0.15) is 0 Å². The standard InChI is InChI=1S/C13H18N2O/c1-15-6-7-16-12-3-2-10(8-11(12)15)9-13(14)4-5-13/h2-3,8H,4-7,9,14H2,1H3. The summed E-state index contributed by atoms with van der Waals surface area (Å²) in [7, 11) is 2.11. The third kappa shape index (κ3) is 1.76. The van der Waals surface area contributed by atoms with E-state index in [1.165, 1.54) is 11.3 Å². The molecule has 86 valence electrons. The lowest BCUT2D eigenvalue weighted by Gasteiger charge is -2.28. The molecule has 1 aliphatic heterocycles. The number of ether oxygens (including phenoxy) is 1. The normalized spacial score (nSPS) is 21.2. The molecule has 1 heterocycles. The Labute approximate surface area is 96.2 Å². The predicted octanol–water partition coefficient (Wildman–Crippen LogP) is 1.55. The van der Waals surface area contributed by atoms with Gasteiger partial charge in [-0.25, -0.2) is 0 Å². The van der Waals surface area contributed by atoms with Gasteiger partial charge in [-0.05, 0) is 37.0 Å². The van der Waals surface area contributed by atoms with E-state index in [4.69, 9.17) is 10.5 Å². The maximum Gasteiger partial charge on any atom is 0.142 e. The van der Waals surface area contributed by atoms with Crippen LogP contribution in [-0.4, -0.2) is 25.7 Å². The Bertz CT molecular complexity index is 412. The molecule has 1 fully saturated rings. The number of benzene rings is 1. The molecule has 0 radical (unpaired) electrons. The van der Waals surface area contributed by atoms with Gasteiger partial charge in [0, 0.05) is 12.6 Å². The molecular weight excluding hydrogens is 200 g/mol. The Balaban J connectivity index is 1.88. The summed E-state index contributed by atoms with van der Waals surface area (Å²) in [5.41, 5.74) is 8.76. The summed E-state index contributed by atoms with van der Waals surface area (Å²) in [5.74, 6) is 0.999. The van der Waals surface area contributed by atoms with E-state index >= 15 is 0 Å². The van der Waals surface area contributed by atoms with E-state index in [1.54, 1.807) is 0 Å². The van der Waals surface area contributed by atoms with Crippen molar-refractivity contribution in [3.8, 4) is 5.75 Å². The minimum Gasteiger partial charge on any atom is -0.490 e. The number of fused-ring (bicyclic) bond motifs is 1. The summed E-state index contributed by atoms with van der Waals surface area (Å²) in [5, 5.41) is 0. The summed E-state index contributed by atoms with van der Waals surface area (Å²) in [4.78, 5) is 2.25. The molecule has 1 aromatic rings. The molecule has 0 spiro atoms. The Kier molecular flexibility index (Phi) is 2.11. The number of hydrogen-bond donors (Lipinski definition) is 1. The Morgan fingerprint density at radius 2 is 2.25 bits per heavy atom. The van der Waals surface area contributed by atoms with Gasteiger partial charge in [0.1, 0.15) is 12.4 Å². The average molecular weight is 218 g/mol. The SMILES string of the molecule is CN1CCOc2ccc(CC3(N)CC3)cc21. The van der Waals surface area contributed by atoms with Crippen molar-refractivity contribution in [2.75, 3.05) is 25.1 Å². The van der Waals surface area contributed by atoms with Gasteiger partial charge >= 0.3 is 0 Å². The Morgan fingerprint density at radius 1 is 1.44 bits per heavy atom. The highest BCUT2D eigenvalue weighted by atomic mass is 16.5. The van der Waals surface area contributed by atoms with Crippen molar-refractivity contribution >= 4 is 5.69 Å². The van der Waals surface area contributed by atoms with Gasteiger partial charge < -0.3 is 15.4 Å². The second kappa shape index (κ2) is 3.39. The van der Waals surface area contributed by atoms with Gasteiger partial charge in [0.2, 0.25) is 0 Å². The molecule has 3 nitrogen and oxygen atoms in total. The number of hydrogen-bond acceptors (Lipinski definition) is 3. The molecule has 1 saturated carbocycles. The number of likely N-dealkylation sites (N-methyl/N-ethyl adjacent to an activating group) is 1. The molecule has 1 aromatic carbocycles. The van der Waals surface area contributed by atoms with Gasteiger partial charge in [0.25, 0.3) is 0 Å². The first-order valence-electron chi connectivity index (χ1n) is 5.92. The molecule has 0 atom stereocenters. The molecule has 0 aromatic heterocycles. The maximum absolute atomic E-state index is 6.14. The molecule has 2 aliphatic rings. The van der Waals surface area contributed by atoms with Crippen LogP contribution in [0.2, 0.25) is 0 Å². The summed E-state index contributed by atoms with van der Waals surface area (Å²) in [6, 6.07) is 6.44. The number of nitrogens with two attached hydrogens (primary N) is 1. The van der Waals surface area contributed by atoms with Crippen LogP contribution in [0.5, 0.6) is 5.75 Å². The fourth-order valence-corrected chi connectivity index (χ4v) is 2.25. The second-order valence-corrected chi connectivity index (χ2v) is 5.11. The number of nitrogens with zero attached hydrogens (tertiary/aromatic N) is 1. The number of anilines is 1. The van der Waals surface area contributed by atoms with Crippen molar-refractivity contribution in [3.05, 3.63) is 23.8 Å². The van der Waals surface area contributed by atoms with Crippen LogP contribution in [0.3, 0.4) is 0 Å². The zero-order valence-electron chi connectivity index (χ0n) is 9.70. The van der Waals surface area contributed by atoms with Crippen molar-refractivity contribution in [2.24, 2.45) is 5.73 Å². The molecule has 0 unspecified atom stereocenters. The topological polar surface area (TPSA) is 38.5 Å². The van der Waals surface area contributed by atoms with Gasteiger partial charge in [0.15, 0.2) is 0 Å². The lowest BCUT2D eigenvalue weighted by Crippen LogP contribution is -2.29. The second-order valence-electron chi connectivity index (χ2n) is 5.11. The summed E-state index contributed by atoms with van der Waals surface area (Å²) < 4.78 is 5.62. The third-order valence-electron chi connectivity index (χ3n) is 3.57. The number of rotatable bonds is 2. The summed E-state index contributed by atoms with van der Waals surface area (Å²) in [6.45, 7) is 1.74. The molecule has 3 rings (SSSR count). The molecule has 3 heteroatoms. The Hall–Kier alpha value is -1.22. The van der Waals surface area contributed by atoms with E-state index in [1.807, 2.05) is 0 Å². The molecular formula is C13H18N2O. The van der Waals surface area contributed by atoms with Crippen LogP contribution in [0.1, 0.15) is 18.4 Å². The first-order chi connectivity index (χ1) is 7.66. The van der Waals surface area contributed by atoms with E-state index in [-0.39, 0.29) is 5.54 Å². The monoisotopic (exact) mass is 218 g/mol. The van der Waals surface area contributed by atoms with Crippen LogP contribution < -0.4 is 15.4 Å². The van der Waals surface area contributed by atoms with Crippen molar-refractivity contribution in [3.63, 3.8) is 0 Å². The van der Waals surface area contributed by atoms with Crippen molar-refractivity contribution < 1.29 is 4.74 Å². The predicted molar refractivity (Wildman–Crippen MR) is 65.1 cm³/mol. The first kappa shape index (κ1) is 9.97. The van der Waals surface area contributed by atoms with Crippen molar-refractivity contribution in [2.45, 2.75) is 24.8 Å². The van der Waals surface area contributed by atoms with Gasteiger partial charge in [-0.3, -0.25) is 0 Å². The highest BCUT2D eigenvalue weighted by Gasteiger charge is 2.38. The van der Waals surface area contributed by atoms with Crippen molar-refractivity contribution in [1.82, 2.24) is 0 Å². The average Bonchev–Trinajstić information content (AvgIpc) is 2.97. The van der Waals surface area contributed by atoms with E-state index < -0.39 is 0 Å². The summed E-state index contributed by atoms with van der Waals surface area (Å²) >= 11 is 0. The van der Waals surface area contributed by atoms with Crippen LogP contribution in [0.25, 0.3) is 0 Å². The molecule has 0 bridgehead atoms. The van der Waals surface area contributed by atoms with E-state index in [2.05, 4.69) is 30.1 Å². The highest BCUT2D eigenvalue weighted by molar-refractivity contribution is 5.61. The zero-order valence-corrected chi connectivity index (χ0v) is 9.70. The van der Waals surface area contributed by atoms with Crippen LogP contribution >= 0.6 is 0 Å². The van der Waals surface area contributed by atoms with Crippen LogP contribution in [0, 0.1) is 0 Å². The van der Waals surface area contributed by atoms with Crippen LogP contribution in [-0.2, 0) is 6.42 Å². The van der Waals surface area contributed by atoms with E-state index in [9.17, 15) is 0 Å². The third-order valence-corrected chi connectivity index (χ3v) is 3.57.